The molecule has 4 heteroatoms. The fraction of sp³-hybridized carbons (Fsp3) is 0.500. The van der Waals surface area contributed by atoms with Gasteiger partial charge in [-0.3, -0.25) is 0 Å². The fourth-order valence-electron chi connectivity index (χ4n) is 1.58. The predicted molar refractivity (Wildman–Crippen MR) is 57.6 cm³/mol. The molecule has 0 atom stereocenters. The van der Waals surface area contributed by atoms with Gasteiger partial charge in [-0.25, -0.2) is 4.79 Å². The minimum atomic E-state index is 0.0636. The van der Waals surface area contributed by atoms with E-state index in [0.29, 0.717) is 0 Å². The Hall–Kier alpha value is -1.03. The van der Waals surface area contributed by atoms with Crippen molar-refractivity contribution < 1.29 is 4.79 Å². The smallest absolute Gasteiger partial charge is 0.317 e. The molecule has 0 radical (unpaired) electrons. The van der Waals surface area contributed by atoms with Crippen molar-refractivity contribution in [2.75, 3.05) is 13.1 Å². The molecule has 1 saturated heterocycles. The van der Waals surface area contributed by atoms with Gasteiger partial charge in [0.25, 0.3) is 0 Å². The largest absolute Gasteiger partial charge is 0.336 e. The van der Waals surface area contributed by atoms with Gasteiger partial charge in [-0.1, -0.05) is 0 Å². The van der Waals surface area contributed by atoms with Crippen molar-refractivity contribution in [3.05, 3.63) is 21.4 Å². The number of nitrogens with zero attached hydrogens (tertiary/aromatic N) is 1. The lowest BCUT2D eigenvalue weighted by molar-refractivity contribution is 0.216. The number of aryl methyl sites for hydroxylation is 2. The highest BCUT2D eigenvalue weighted by Crippen LogP contribution is 2.22. The molecule has 0 saturated carbocycles. The van der Waals surface area contributed by atoms with Gasteiger partial charge < -0.3 is 10.2 Å². The standard InChI is InChI=1S/C10H14N2OS/c1-7-5-9(14-8(7)2)6-12-4-3-11-10(12)13/h5H,3-4,6H2,1-2H3,(H,11,13). The van der Waals surface area contributed by atoms with E-state index >= 15 is 0 Å². The van der Waals surface area contributed by atoms with E-state index < -0.39 is 0 Å². The molecule has 14 heavy (non-hydrogen) atoms. The molecule has 1 aromatic rings. The second-order valence-electron chi connectivity index (χ2n) is 3.61. The zero-order chi connectivity index (χ0) is 10.1. The van der Waals surface area contributed by atoms with Crippen molar-refractivity contribution >= 4 is 17.4 Å². The zero-order valence-corrected chi connectivity index (χ0v) is 9.28. The minimum absolute atomic E-state index is 0.0636. The molecule has 2 rings (SSSR count). The number of hydrogen-bond donors (Lipinski definition) is 1. The number of urea groups is 1. The fourth-order valence-corrected chi connectivity index (χ4v) is 2.65. The summed E-state index contributed by atoms with van der Waals surface area (Å²) in [5, 5.41) is 2.80. The second-order valence-corrected chi connectivity index (χ2v) is 4.95. The summed E-state index contributed by atoms with van der Waals surface area (Å²) in [6.07, 6.45) is 0. The maximum Gasteiger partial charge on any atom is 0.317 e. The van der Waals surface area contributed by atoms with E-state index in [1.807, 2.05) is 4.90 Å². The lowest BCUT2D eigenvalue weighted by Gasteiger charge is -2.11. The maximum atomic E-state index is 11.3. The first-order chi connectivity index (χ1) is 6.66. The van der Waals surface area contributed by atoms with Crippen molar-refractivity contribution in [1.29, 1.82) is 0 Å². The Morgan fingerprint density at radius 1 is 1.57 bits per heavy atom. The third kappa shape index (κ3) is 1.75. The van der Waals surface area contributed by atoms with Crippen LogP contribution >= 0.6 is 11.3 Å². The molecule has 1 N–H and O–H groups in total. The number of thiophene rings is 1. The molecular weight excluding hydrogens is 196 g/mol. The van der Waals surface area contributed by atoms with Gasteiger partial charge in [0.15, 0.2) is 0 Å². The van der Waals surface area contributed by atoms with Crippen LogP contribution in [-0.4, -0.2) is 24.0 Å². The summed E-state index contributed by atoms with van der Waals surface area (Å²) in [5.41, 5.74) is 1.32. The minimum Gasteiger partial charge on any atom is -0.336 e. The third-order valence-corrected chi connectivity index (χ3v) is 3.65. The quantitative estimate of drug-likeness (QED) is 0.794. The highest BCUT2D eigenvalue weighted by atomic mass is 32.1. The van der Waals surface area contributed by atoms with Crippen molar-refractivity contribution in [3.63, 3.8) is 0 Å². The molecular formula is C10H14N2OS. The Labute approximate surface area is 87.7 Å². The van der Waals surface area contributed by atoms with E-state index in [1.54, 1.807) is 11.3 Å². The van der Waals surface area contributed by atoms with Crippen molar-refractivity contribution in [2.45, 2.75) is 20.4 Å². The topological polar surface area (TPSA) is 32.3 Å². The normalized spacial score (nSPS) is 16.1. The molecule has 76 valence electrons. The Morgan fingerprint density at radius 3 is 2.86 bits per heavy atom. The van der Waals surface area contributed by atoms with Crippen molar-refractivity contribution in [1.82, 2.24) is 10.2 Å². The van der Waals surface area contributed by atoms with Gasteiger partial charge in [0.1, 0.15) is 0 Å². The van der Waals surface area contributed by atoms with Crippen LogP contribution in [0.2, 0.25) is 0 Å². The molecule has 2 heterocycles. The molecule has 1 aromatic heterocycles. The van der Waals surface area contributed by atoms with Gasteiger partial charge in [-0.15, -0.1) is 11.3 Å². The van der Waals surface area contributed by atoms with Crippen molar-refractivity contribution in [3.8, 4) is 0 Å². The highest BCUT2D eigenvalue weighted by molar-refractivity contribution is 7.12. The number of carbonyl (C=O) groups is 1. The Kier molecular flexibility index (Phi) is 2.46. The van der Waals surface area contributed by atoms with Gasteiger partial charge >= 0.3 is 6.03 Å². The highest BCUT2D eigenvalue weighted by Gasteiger charge is 2.19. The Bertz CT molecular complexity index is 340. The van der Waals surface area contributed by atoms with Gasteiger partial charge in [-0.05, 0) is 25.5 Å². The van der Waals surface area contributed by atoms with Gasteiger partial charge in [0.05, 0.1) is 6.54 Å². The molecule has 0 aromatic carbocycles. The number of hydrogen-bond acceptors (Lipinski definition) is 2. The number of carbonyl (C=O) groups excluding carboxylic acids is 1. The summed E-state index contributed by atoms with van der Waals surface area (Å²) >= 11 is 1.78. The van der Waals surface area contributed by atoms with E-state index in [-0.39, 0.29) is 6.03 Å². The van der Waals surface area contributed by atoms with Crippen LogP contribution < -0.4 is 5.32 Å². The lowest BCUT2D eigenvalue weighted by Crippen LogP contribution is -2.27. The van der Waals surface area contributed by atoms with Gasteiger partial charge in [-0.2, -0.15) is 0 Å². The summed E-state index contributed by atoms with van der Waals surface area (Å²) < 4.78 is 0. The number of rotatable bonds is 2. The van der Waals surface area contributed by atoms with Gasteiger partial charge in [0.2, 0.25) is 0 Å². The van der Waals surface area contributed by atoms with E-state index in [4.69, 9.17) is 0 Å². The van der Waals surface area contributed by atoms with Crippen LogP contribution in [0, 0.1) is 13.8 Å². The Balaban J connectivity index is 2.07. The molecule has 1 aliphatic rings. The van der Waals surface area contributed by atoms with Crippen LogP contribution in [0.15, 0.2) is 6.07 Å². The molecule has 2 amide bonds. The van der Waals surface area contributed by atoms with E-state index in [2.05, 4.69) is 25.2 Å². The average molecular weight is 210 g/mol. The summed E-state index contributed by atoms with van der Waals surface area (Å²) in [7, 11) is 0. The van der Waals surface area contributed by atoms with Crippen LogP contribution in [0.5, 0.6) is 0 Å². The molecule has 0 unspecified atom stereocenters. The lowest BCUT2D eigenvalue weighted by atomic mass is 10.3. The van der Waals surface area contributed by atoms with E-state index in [9.17, 15) is 4.79 Å². The van der Waals surface area contributed by atoms with E-state index in [0.717, 1.165) is 19.6 Å². The molecule has 1 aliphatic heterocycles. The second kappa shape index (κ2) is 3.61. The molecule has 1 fully saturated rings. The summed E-state index contributed by atoms with van der Waals surface area (Å²) in [4.78, 5) is 15.8. The third-order valence-electron chi connectivity index (χ3n) is 2.51. The monoisotopic (exact) mass is 210 g/mol. The number of amides is 2. The van der Waals surface area contributed by atoms with Gasteiger partial charge in [0, 0.05) is 22.8 Å². The zero-order valence-electron chi connectivity index (χ0n) is 8.46. The SMILES string of the molecule is Cc1cc(CN2CCNC2=O)sc1C. The van der Waals surface area contributed by atoms with Crippen LogP contribution in [0.1, 0.15) is 15.3 Å². The van der Waals surface area contributed by atoms with Crippen LogP contribution in [-0.2, 0) is 6.54 Å². The first-order valence-corrected chi connectivity index (χ1v) is 5.57. The van der Waals surface area contributed by atoms with Crippen LogP contribution in [0.25, 0.3) is 0 Å². The maximum absolute atomic E-state index is 11.3. The molecule has 3 nitrogen and oxygen atoms in total. The Morgan fingerprint density at radius 2 is 2.36 bits per heavy atom. The molecule has 0 aliphatic carbocycles. The number of nitrogens with one attached hydrogen (secondary N) is 1. The molecule has 0 bridgehead atoms. The predicted octanol–water partition coefficient (Wildman–Crippen LogP) is 1.89. The first-order valence-electron chi connectivity index (χ1n) is 4.75. The van der Waals surface area contributed by atoms with E-state index in [1.165, 1.54) is 15.3 Å². The molecule has 0 spiro atoms. The first kappa shape index (κ1) is 9.52. The van der Waals surface area contributed by atoms with Crippen LogP contribution in [0.3, 0.4) is 0 Å². The summed E-state index contributed by atoms with van der Waals surface area (Å²) in [6.45, 7) is 6.59. The summed E-state index contributed by atoms with van der Waals surface area (Å²) in [6, 6.07) is 2.24. The average Bonchev–Trinajstić information content (AvgIpc) is 2.63. The van der Waals surface area contributed by atoms with Crippen LogP contribution in [0.4, 0.5) is 4.79 Å². The summed E-state index contributed by atoms with van der Waals surface area (Å²) in [5.74, 6) is 0. The van der Waals surface area contributed by atoms with Crippen molar-refractivity contribution in [2.24, 2.45) is 0 Å².